The van der Waals surface area contributed by atoms with Crippen LogP contribution in [0.2, 0.25) is 0 Å². The first-order chi connectivity index (χ1) is 6.16. The lowest BCUT2D eigenvalue weighted by molar-refractivity contribution is -0.121. The molecular weight excluding hydrogens is 172 g/mol. The summed E-state index contributed by atoms with van der Waals surface area (Å²) in [5.41, 5.74) is 10.0. The number of primary amides is 1. The Morgan fingerprint density at radius 3 is 2.31 bits per heavy atom. The first-order valence-electron chi connectivity index (χ1n) is 4.17. The van der Waals surface area contributed by atoms with Gasteiger partial charge in [-0.05, 0) is 13.0 Å². The van der Waals surface area contributed by atoms with Crippen LogP contribution in [-0.2, 0) is 4.79 Å². The number of rotatable bonds is 6. The zero-order valence-corrected chi connectivity index (χ0v) is 7.51. The van der Waals surface area contributed by atoms with Gasteiger partial charge in [-0.25, -0.2) is 4.79 Å². The zero-order chi connectivity index (χ0) is 10.1. The lowest BCUT2D eigenvalue weighted by atomic mass is 10.3. The fraction of sp³-hybridized carbons (Fsp3) is 0.714. The Morgan fingerprint density at radius 2 is 1.77 bits per heavy atom. The van der Waals surface area contributed by atoms with Crippen LogP contribution in [-0.4, -0.2) is 31.6 Å². The van der Waals surface area contributed by atoms with Crippen molar-refractivity contribution in [3.8, 4) is 0 Å². The third kappa shape index (κ3) is 8.61. The number of hydrogen-bond donors (Lipinski definition) is 4. The second-order valence-corrected chi connectivity index (χ2v) is 2.53. The smallest absolute Gasteiger partial charge is 0.312 e. The van der Waals surface area contributed by atoms with E-state index in [-0.39, 0.29) is 5.91 Å². The Balaban J connectivity index is 3.22. The third-order valence-electron chi connectivity index (χ3n) is 1.35. The van der Waals surface area contributed by atoms with Crippen molar-refractivity contribution in [3.63, 3.8) is 0 Å². The standard InChI is InChI=1S/C7H16N4O2/c8-3-1-2-6(12)10-4-5-11-7(9)13/h1-5,8H2,(H,10,12)(H3,9,11,13). The van der Waals surface area contributed by atoms with E-state index in [4.69, 9.17) is 11.5 Å². The molecule has 0 rings (SSSR count). The number of nitrogens with two attached hydrogens (primary N) is 2. The average molecular weight is 188 g/mol. The van der Waals surface area contributed by atoms with E-state index in [1.54, 1.807) is 0 Å². The molecule has 6 heteroatoms. The lowest BCUT2D eigenvalue weighted by Crippen LogP contribution is -2.37. The highest BCUT2D eigenvalue weighted by Crippen LogP contribution is 1.83. The normalized spacial score (nSPS) is 9.31. The molecule has 0 aromatic carbocycles. The predicted octanol–water partition coefficient (Wildman–Crippen LogP) is -1.49. The van der Waals surface area contributed by atoms with E-state index in [0.29, 0.717) is 32.5 Å². The summed E-state index contributed by atoms with van der Waals surface area (Å²) in [5.74, 6) is -0.0586. The van der Waals surface area contributed by atoms with Gasteiger partial charge in [-0.2, -0.15) is 0 Å². The number of nitrogens with one attached hydrogen (secondary N) is 2. The number of hydrogen-bond acceptors (Lipinski definition) is 3. The Labute approximate surface area is 77.0 Å². The summed E-state index contributed by atoms with van der Waals surface area (Å²) in [7, 11) is 0. The summed E-state index contributed by atoms with van der Waals surface area (Å²) in [6, 6.07) is -0.587. The summed E-state index contributed by atoms with van der Waals surface area (Å²) in [6.45, 7) is 1.25. The van der Waals surface area contributed by atoms with Gasteiger partial charge in [-0.3, -0.25) is 4.79 Å². The highest BCUT2D eigenvalue weighted by atomic mass is 16.2. The highest BCUT2D eigenvalue weighted by Gasteiger charge is 1.98. The summed E-state index contributed by atoms with van der Waals surface area (Å²) in [6.07, 6.45) is 1.10. The van der Waals surface area contributed by atoms with E-state index < -0.39 is 6.03 Å². The first-order valence-corrected chi connectivity index (χ1v) is 4.17. The van der Waals surface area contributed by atoms with Gasteiger partial charge in [0.15, 0.2) is 0 Å². The van der Waals surface area contributed by atoms with E-state index in [0.717, 1.165) is 0 Å². The monoisotopic (exact) mass is 188 g/mol. The van der Waals surface area contributed by atoms with E-state index in [1.807, 2.05) is 0 Å². The molecule has 13 heavy (non-hydrogen) atoms. The number of urea groups is 1. The minimum Gasteiger partial charge on any atom is -0.354 e. The van der Waals surface area contributed by atoms with Gasteiger partial charge in [-0.15, -0.1) is 0 Å². The summed E-state index contributed by atoms with van der Waals surface area (Å²) in [4.78, 5) is 21.1. The van der Waals surface area contributed by atoms with Crippen LogP contribution in [0.15, 0.2) is 0 Å². The molecule has 6 N–H and O–H groups in total. The molecule has 0 aliphatic rings. The molecule has 0 heterocycles. The highest BCUT2D eigenvalue weighted by molar-refractivity contribution is 5.76. The van der Waals surface area contributed by atoms with Crippen LogP contribution in [0.3, 0.4) is 0 Å². The van der Waals surface area contributed by atoms with Gasteiger partial charge < -0.3 is 22.1 Å². The van der Waals surface area contributed by atoms with Crippen LogP contribution >= 0.6 is 0 Å². The molecule has 0 aromatic heterocycles. The Morgan fingerprint density at radius 1 is 1.15 bits per heavy atom. The quantitative estimate of drug-likeness (QED) is 0.381. The van der Waals surface area contributed by atoms with Crippen molar-refractivity contribution in [1.82, 2.24) is 10.6 Å². The molecule has 6 nitrogen and oxygen atoms in total. The second-order valence-electron chi connectivity index (χ2n) is 2.53. The molecule has 0 aromatic rings. The molecule has 0 aliphatic heterocycles. The molecule has 0 bridgehead atoms. The molecule has 76 valence electrons. The van der Waals surface area contributed by atoms with Gasteiger partial charge in [0.1, 0.15) is 0 Å². The third-order valence-corrected chi connectivity index (χ3v) is 1.35. The Kier molecular flexibility index (Phi) is 6.62. The van der Waals surface area contributed by atoms with E-state index in [1.165, 1.54) is 0 Å². The molecule has 0 unspecified atom stereocenters. The average Bonchev–Trinajstić information content (AvgIpc) is 2.08. The van der Waals surface area contributed by atoms with Crippen molar-refractivity contribution >= 4 is 11.9 Å². The molecule has 3 amide bonds. The maximum absolute atomic E-state index is 10.9. The van der Waals surface area contributed by atoms with Gasteiger partial charge in [0.2, 0.25) is 5.91 Å². The van der Waals surface area contributed by atoms with E-state index in [2.05, 4.69) is 10.6 Å². The van der Waals surface area contributed by atoms with Crippen LogP contribution in [0.25, 0.3) is 0 Å². The van der Waals surface area contributed by atoms with Gasteiger partial charge >= 0.3 is 6.03 Å². The van der Waals surface area contributed by atoms with Crippen molar-refractivity contribution in [2.24, 2.45) is 11.5 Å². The number of carbonyl (C=O) groups excluding carboxylic acids is 2. The maximum Gasteiger partial charge on any atom is 0.312 e. The Bertz CT molecular complexity index is 172. The minimum atomic E-state index is -0.587. The lowest BCUT2D eigenvalue weighted by Gasteiger charge is -2.04. The molecule has 0 radical (unpaired) electrons. The molecule has 0 aliphatic carbocycles. The van der Waals surface area contributed by atoms with Crippen LogP contribution in [0.4, 0.5) is 4.79 Å². The first kappa shape index (κ1) is 11.7. The van der Waals surface area contributed by atoms with Gasteiger partial charge in [0.05, 0.1) is 0 Å². The van der Waals surface area contributed by atoms with Crippen LogP contribution < -0.4 is 22.1 Å². The predicted molar refractivity (Wildman–Crippen MR) is 48.9 cm³/mol. The fourth-order valence-corrected chi connectivity index (χ4v) is 0.739. The SMILES string of the molecule is NCCCC(=O)NCCNC(N)=O. The fourth-order valence-electron chi connectivity index (χ4n) is 0.739. The molecule has 0 atom stereocenters. The van der Waals surface area contributed by atoms with Crippen molar-refractivity contribution in [1.29, 1.82) is 0 Å². The van der Waals surface area contributed by atoms with E-state index in [9.17, 15) is 9.59 Å². The number of carbonyl (C=O) groups is 2. The van der Waals surface area contributed by atoms with Gasteiger partial charge in [-0.1, -0.05) is 0 Å². The van der Waals surface area contributed by atoms with Crippen molar-refractivity contribution in [3.05, 3.63) is 0 Å². The van der Waals surface area contributed by atoms with Crippen LogP contribution in [0.1, 0.15) is 12.8 Å². The van der Waals surface area contributed by atoms with Crippen molar-refractivity contribution in [2.75, 3.05) is 19.6 Å². The maximum atomic E-state index is 10.9. The molecular formula is C7H16N4O2. The summed E-state index contributed by atoms with van der Waals surface area (Å²) in [5, 5.41) is 4.96. The summed E-state index contributed by atoms with van der Waals surface area (Å²) < 4.78 is 0. The largest absolute Gasteiger partial charge is 0.354 e. The van der Waals surface area contributed by atoms with Gasteiger partial charge in [0, 0.05) is 19.5 Å². The van der Waals surface area contributed by atoms with Crippen molar-refractivity contribution < 1.29 is 9.59 Å². The molecule has 0 saturated heterocycles. The Hall–Kier alpha value is -1.30. The minimum absolute atomic E-state index is 0.0586. The molecule has 0 saturated carbocycles. The van der Waals surface area contributed by atoms with Crippen LogP contribution in [0.5, 0.6) is 0 Å². The van der Waals surface area contributed by atoms with Crippen LogP contribution in [0, 0.1) is 0 Å². The van der Waals surface area contributed by atoms with Crippen molar-refractivity contribution in [2.45, 2.75) is 12.8 Å². The molecule has 0 fully saturated rings. The molecule has 0 spiro atoms. The zero-order valence-electron chi connectivity index (χ0n) is 7.51. The number of amides is 3. The second kappa shape index (κ2) is 7.35. The van der Waals surface area contributed by atoms with Gasteiger partial charge in [0.25, 0.3) is 0 Å². The topological polar surface area (TPSA) is 110 Å². The summed E-state index contributed by atoms with van der Waals surface area (Å²) >= 11 is 0. The van der Waals surface area contributed by atoms with E-state index >= 15 is 0 Å².